The first kappa shape index (κ1) is 21.0. The summed E-state index contributed by atoms with van der Waals surface area (Å²) >= 11 is 7.16. The van der Waals surface area contributed by atoms with Crippen LogP contribution in [0, 0.1) is 0 Å². The molecule has 1 aliphatic heterocycles. The van der Waals surface area contributed by atoms with Crippen LogP contribution in [-0.2, 0) is 4.79 Å². The Hall–Kier alpha value is -3.29. The van der Waals surface area contributed by atoms with E-state index in [4.69, 9.17) is 16.0 Å². The molecule has 4 rings (SSSR count). The molecule has 2 heterocycles. The first-order chi connectivity index (χ1) is 14.9. The number of amides is 1. The summed E-state index contributed by atoms with van der Waals surface area (Å²) in [5.74, 6) is 0.0150. The second-order valence-corrected chi connectivity index (χ2v) is 8.06. The van der Waals surface area contributed by atoms with Gasteiger partial charge in [-0.15, -0.1) is 0 Å². The van der Waals surface area contributed by atoms with Gasteiger partial charge in [-0.1, -0.05) is 17.7 Å². The second-order valence-electron chi connectivity index (χ2n) is 6.62. The number of carboxylic acids is 1. The lowest BCUT2D eigenvalue weighted by molar-refractivity contribution is -0.122. The number of hydrogen-bond acceptors (Lipinski definition) is 5. The van der Waals surface area contributed by atoms with Crippen molar-refractivity contribution in [2.24, 2.45) is 4.99 Å². The Morgan fingerprint density at radius 1 is 1.19 bits per heavy atom. The van der Waals surface area contributed by atoms with Crippen molar-refractivity contribution >= 4 is 52.2 Å². The van der Waals surface area contributed by atoms with Crippen molar-refractivity contribution in [1.29, 1.82) is 0 Å². The van der Waals surface area contributed by atoms with Crippen LogP contribution in [0.3, 0.4) is 0 Å². The fourth-order valence-corrected chi connectivity index (χ4v) is 4.19. The second kappa shape index (κ2) is 8.83. The SMILES string of the molecule is CCN1C(=O)/C(=C\c2ccc(-c3ccc(Cl)cc3)o2)SC1=Nc1cccc(C(=O)O)c1. The third kappa shape index (κ3) is 4.57. The number of nitrogens with zero attached hydrogens (tertiary/aromatic N) is 2. The highest BCUT2D eigenvalue weighted by Crippen LogP contribution is 2.35. The first-order valence-corrected chi connectivity index (χ1v) is 10.6. The van der Waals surface area contributed by atoms with Crippen molar-refractivity contribution in [3.63, 3.8) is 0 Å². The number of carbonyl (C=O) groups excluding carboxylic acids is 1. The van der Waals surface area contributed by atoms with E-state index in [1.54, 1.807) is 41.3 Å². The van der Waals surface area contributed by atoms with E-state index in [0.717, 1.165) is 5.56 Å². The van der Waals surface area contributed by atoms with Gasteiger partial charge >= 0.3 is 5.97 Å². The molecule has 3 aromatic rings. The smallest absolute Gasteiger partial charge is 0.335 e. The van der Waals surface area contributed by atoms with Gasteiger partial charge in [-0.25, -0.2) is 9.79 Å². The summed E-state index contributed by atoms with van der Waals surface area (Å²) in [5, 5.41) is 10.3. The van der Waals surface area contributed by atoms with Crippen molar-refractivity contribution in [3.05, 3.63) is 81.9 Å². The molecule has 2 aromatic carbocycles. The highest BCUT2D eigenvalue weighted by atomic mass is 35.5. The number of aromatic carboxylic acids is 1. The quantitative estimate of drug-likeness (QED) is 0.485. The fourth-order valence-electron chi connectivity index (χ4n) is 3.02. The zero-order valence-electron chi connectivity index (χ0n) is 16.4. The van der Waals surface area contributed by atoms with E-state index in [-0.39, 0.29) is 11.5 Å². The summed E-state index contributed by atoms with van der Waals surface area (Å²) in [4.78, 5) is 30.6. The maximum Gasteiger partial charge on any atom is 0.335 e. The van der Waals surface area contributed by atoms with Crippen LogP contribution in [0.1, 0.15) is 23.0 Å². The number of carbonyl (C=O) groups is 2. The Balaban J connectivity index is 1.61. The lowest BCUT2D eigenvalue weighted by atomic mass is 10.2. The molecule has 0 spiro atoms. The molecule has 31 heavy (non-hydrogen) atoms. The minimum Gasteiger partial charge on any atom is -0.478 e. The number of furan rings is 1. The van der Waals surface area contributed by atoms with Gasteiger partial charge in [0, 0.05) is 23.2 Å². The lowest BCUT2D eigenvalue weighted by Crippen LogP contribution is -2.28. The molecular formula is C23H17ClN2O4S. The average Bonchev–Trinajstić information content (AvgIpc) is 3.33. The van der Waals surface area contributed by atoms with E-state index in [2.05, 4.69) is 4.99 Å². The highest BCUT2D eigenvalue weighted by molar-refractivity contribution is 8.18. The van der Waals surface area contributed by atoms with Crippen LogP contribution in [0.25, 0.3) is 17.4 Å². The number of benzene rings is 2. The van der Waals surface area contributed by atoms with Crippen LogP contribution in [0.4, 0.5) is 5.69 Å². The number of hydrogen-bond donors (Lipinski definition) is 1. The number of likely N-dealkylation sites (N-methyl/N-ethyl adjacent to an activating group) is 1. The van der Waals surface area contributed by atoms with Gasteiger partial charge in [-0.2, -0.15) is 0 Å². The van der Waals surface area contributed by atoms with Crippen LogP contribution in [-0.4, -0.2) is 33.6 Å². The first-order valence-electron chi connectivity index (χ1n) is 9.44. The predicted octanol–water partition coefficient (Wildman–Crippen LogP) is 5.92. The monoisotopic (exact) mass is 452 g/mol. The molecule has 1 fully saturated rings. The maximum absolute atomic E-state index is 12.8. The summed E-state index contributed by atoms with van der Waals surface area (Å²) in [5.41, 5.74) is 1.49. The molecule has 1 N–H and O–H groups in total. The van der Waals surface area contributed by atoms with Gasteiger partial charge in [0.15, 0.2) is 5.17 Å². The van der Waals surface area contributed by atoms with Gasteiger partial charge in [0.1, 0.15) is 11.5 Å². The van der Waals surface area contributed by atoms with Crippen LogP contribution >= 0.6 is 23.4 Å². The fraction of sp³-hybridized carbons (Fsp3) is 0.0870. The van der Waals surface area contributed by atoms with E-state index in [9.17, 15) is 14.7 Å². The number of carboxylic acid groups (broad SMARTS) is 1. The molecule has 0 atom stereocenters. The van der Waals surface area contributed by atoms with Crippen LogP contribution in [0.15, 0.2) is 75.0 Å². The molecule has 0 saturated carbocycles. The molecular weight excluding hydrogens is 436 g/mol. The van der Waals surface area contributed by atoms with E-state index in [1.807, 2.05) is 25.1 Å². The minimum absolute atomic E-state index is 0.139. The molecule has 0 radical (unpaired) electrons. The molecule has 8 heteroatoms. The summed E-state index contributed by atoms with van der Waals surface area (Å²) in [7, 11) is 0. The Kier molecular flexibility index (Phi) is 5.97. The lowest BCUT2D eigenvalue weighted by Gasteiger charge is -2.12. The zero-order chi connectivity index (χ0) is 22.0. The van der Waals surface area contributed by atoms with E-state index < -0.39 is 5.97 Å². The predicted molar refractivity (Wildman–Crippen MR) is 123 cm³/mol. The van der Waals surface area contributed by atoms with E-state index >= 15 is 0 Å². The summed E-state index contributed by atoms with van der Waals surface area (Å²) in [6.45, 7) is 2.30. The molecule has 1 aliphatic rings. The van der Waals surface area contributed by atoms with Gasteiger partial charge in [-0.05, 0) is 73.3 Å². The third-order valence-corrected chi connectivity index (χ3v) is 5.81. The molecule has 1 saturated heterocycles. The standard InChI is InChI=1S/C23H17ClN2O4S/c1-2-26-21(27)20(31-23(26)25-17-5-3-4-15(12-17)22(28)29)13-18-10-11-19(30-18)14-6-8-16(24)9-7-14/h3-13H,2H2,1H3,(H,28,29)/b20-13+,25-23?. The number of halogens is 1. The number of amidine groups is 1. The van der Waals surface area contributed by atoms with Crippen LogP contribution < -0.4 is 0 Å². The third-order valence-electron chi connectivity index (χ3n) is 4.55. The molecule has 156 valence electrons. The Morgan fingerprint density at radius 2 is 1.97 bits per heavy atom. The van der Waals surface area contributed by atoms with Crippen molar-refractivity contribution in [3.8, 4) is 11.3 Å². The van der Waals surface area contributed by atoms with Gasteiger partial charge < -0.3 is 9.52 Å². The number of rotatable bonds is 5. The normalized spacial score (nSPS) is 16.5. The van der Waals surface area contributed by atoms with Crippen molar-refractivity contribution in [2.75, 3.05) is 6.54 Å². The zero-order valence-corrected chi connectivity index (χ0v) is 18.0. The van der Waals surface area contributed by atoms with Gasteiger partial charge in [0.05, 0.1) is 16.2 Å². The van der Waals surface area contributed by atoms with Gasteiger partial charge in [-0.3, -0.25) is 9.69 Å². The van der Waals surface area contributed by atoms with Crippen LogP contribution in [0.2, 0.25) is 5.02 Å². The van der Waals surface area contributed by atoms with Crippen molar-refractivity contribution in [1.82, 2.24) is 4.90 Å². The minimum atomic E-state index is -1.03. The average molecular weight is 453 g/mol. The summed E-state index contributed by atoms with van der Waals surface area (Å²) < 4.78 is 5.88. The molecule has 0 aliphatic carbocycles. The maximum atomic E-state index is 12.8. The van der Waals surface area contributed by atoms with Crippen molar-refractivity contribution < 1.29 is 19.1 Å². The topological polar surface area (TPSA) is 83.1 Å². The van der Waals surface area contributed by atoms with E-state index in [1.165, 1.54) is 23.9 Å². The molecule has 1 aromatic heterocycles. The summed E-state index contributed by atoms with van der Waals surface area (Å²) in [6.07, 6.45) is 1.69. The molecule has 0 unspecified atom stereocenters. The van der Waals surface area contributed by atoms with Crippen LogP contribution in [0.5, 0.6) is 0 Å². The van der Waals surface area contributed by atoms with Gasteiger partial charge in [0.25, 0.3) is 5.91 Å². The number of aliphatic imine (C=N–C) groups is 1. The van der Waals surface area contributed by atoms with Crippen molar-refractivity contribution in [2.45, 2.75) is 6.92 Å². The molecule has 1 amide bonds. The highest BCUT2D eigenvalue weighted by Gasteiger charge is 2.32. The molecule has 0 bridgehead atoms. The Labute approximate surface area is 187 Å². The van der Waals surface area contributed by atoms with E-state index in [0.29, 0.717) is 38.8 Å². The molecule has 6 nitrogen and oxygen atoms in total. The largest absolute Gasteiger partial charge is 0.478 e. The summed E-state index contributed by atoms with van der Waals surface area (Å²) in [6, 6.07) is 17.2. The Morgan fingerprint density at radius 3 is 2.68 bits per heavy atom. The number of thioether (sulfide) groups is 1. The van der Waals surface area contributed by atoms with Gasteiger partial charge in [0.2, 0.25) is 0 Å². The Bertz CT molecular complexity index is 1210.